The molecule has 0 heterocycles. The molecule has 2 rings (SSSR count). The Balaban J connectivity index is 2.15. The second-order valence-corrected chi connectivity index (χ2v) is 7.15. The topological polar surface area (TPSA) is 108 Å². The molecule has 136 valence electrons. The van der Waals surface area contributed by atoms with Crippen LogP contribution in [0.15, 0.2) is 53.4 Å². The SMILES string of the molecule is COCCCNS(=O)(=O)c1cccc(C(=O)Nc2ccccc2C#N)c1. The van der Waals surface area contributed by atoms with Gasteiger partial charge in [-0.15, -0.1) is 0 Å². The highest BCUT2D eigenvalue weighted by atomic mass is 32.2. The number of nitrogens with one attached hydrogen (secondary N) is 2. The van der Waals surface area contributed by atoms with Crippen LogP contribution in [-0.2, 0) is 14.8 Å². The van der Waals surface area contributed by atoms with Gasteiger partial charge in [-0.05, 0) is 36.8 Å². The van der Waals surface area contributed by atoms with Crippen LogP contribution in [0.1, 0.15) is 22.3 Å². The maximum atomic E-state index is 12.4. The Morgan fingerprint density at radius 3 is 2.69 bits per heavy atom. The van der Waals surface area contributed by atoms with Crippen LogP contribution in [0.4, 0.5) is 5.69 Å². The average molecular weight is 373 g/mol. The molecule has 0 fully saturated rings. The van der Waals surface area contributed by atoms with Gasteiger partial charge in [-0.25, -0.2) is 13.1 Å². The summed E-state index contributed by atoms with van der Waals surface area (Å²) in [5.74, 6) is -0.496. The summed E-state index contributed by atoms with van der Waals surface area (Å²) in [6, 6.07) is 14.3. The van der Waals surface area contributed by atoms with Crippen molar-refractivity contribution in [2.45, 2.75) is 11.3 Å². The fourth-order valence-corrected chi connectivity index (χ4v) is 3.31. The molecule has 0 saturated carbocycles. The van der Waals surface area contributed by atoms with E-state index in [2.05, 4.69) is 10.0 Å². The fourth-order valence-electron chi connectivity index (χ4n) is 2.19. The summed E-state index contributed by atoms with van der Waals surface area (Å²) in [6.45, 7) is 0.686. The largest absolute Gasteiger partial charge is 0.385 e. The van der Waals surface area contributed by atoms with Crippen molar-refractivity contribution < 1.29 is 17.9 Å². The third kappa shape index (κ3) is 5.13. The molecule has 2 aromatic rings. The van der Waals surface area contributed by atoms with E-state index in [9.17, 15) is 13.2 Å². The molecule has 2 aromatic carbocycles. The smallest absolute Gasteiger partial charge is 0.255 e. The van der Waals surface area contributed by atoms with E-state index in [0.717, 1.165) is 0 Å². The highest BCUT2D eigenvalue weighted by Gasteiger charge is 2.16. The van der Waals surface area contributed by atoms with Crippen molar-refractivity contribution in [3.8, 4) is 6.07 Å². The van der Waals surface area contributed by atoms with Gasteiger partial charge in [-0.1, -0.05) is 18.2 Å². The van der Waals surface area contributed by atoms with Gasteiger partial charge >= 0.3 is 0 Å². The van der Waals surface area contributed by atoms with E-state index in [1.54, 1.807) is 31.4 Å². The molecule has 0 bridgehead atoms. The minimum Gasteiger partial charge on any atom is -0.385 e. The van der Waals surface area contributed by atoms with Crippen LogP contribution in [0, 0.1) is 11.3 Å². The van der Waals surface area contributed by atoms with Gasteiger partial charge in [0, 0.05) is 25.8 Å². The molecular formula is C18H19N3O4S. The maximum absolute atomic E-state index is 12.4. The van der Waals surface area contributed by atoms with Gasteiger partial charge in [-0.3, -0.25) is 4.79 Å². The molecule has 2 N–H and O–H groups in total. The minimum atomic E-state index is -3.72. The number of hydrogen-bond acceptors (Lipinski definition) is 5. The van der Waals surface area contributed by atoms with Crippen molar-refractivity contribution in [3.63, 3.8) is 0 Å². The lowest BCUT2D eigenvalue weighted by Crippen LogP contribution is -2.26. The first-order chi connectivity index (χ1) is 12.5. The van der Waals surface area contributed by atoms with Gasteiger partial charge in [0.2, 0.25) is 10.0 Å². The van der Waals surface area contributed by atoms with Gasteiger partial charge in [0.05, 0.1) is 16.1 Å². The number of anilines is 1. The van der Waals surface area contributed by atoms with E-state index >= 15 is 0 Å². The molecule has 0 aliphatic heterocycles. The average Bonchev–Trinajstić information content (AvgIpc) is 2.66. The molecule has 1 amide bonds. The molecule has 0 aromatic heterocycles. The number of benzene rings is 2. The normalized spacial score (nSPS) is 10.9. The Bertz CT molecular complexity index is 920. The van der Waals surface area contributed by atoms with Crippen molar-refractivity contribution in [1.82, 2.24) is 4.72 Å². The van der Waals surface area contributed by atoms with Crippen molar-refractivity contribution in [2.24, 2.45) is 0 Å². The molecule has 8 heteroatoms. The Kier molecular flexibility index (Phi) is 6.86. The zero-order chi connectivity index (χ0) is 19.0. The lowest BCUT2D eigenvalue weighted by Gasteiger charge is -2.09. The quantitative estimate of drug-likeness (QED) is 0.689. The van der Waals surface area contributed by atoms with Crippen LogP contribution in [0.2, 0.25) is 0 Å². The van der Waals surface area contributed by atoms with Crippen LogP contribution in [-0.4, -0.2) is 34.6 Å². The summed E-state index contributed by atoms with van der Waals surface area (Å²) in [7, 11) is -2.18. The van der Waals surface area contributed by atoms with Crippen LogP contribution in [0.5, 0.6) is 0 Å². The molecule has 0 aliphatic rings. The molecule has 0 atom stereocenters. The zero-order valence-corrected chi connectivity index (χ0v) is 15.0. The van der Waals surface area contributed by atoms with Crippen LogP contribution in [0.3, 0.4) is 0 Å². The summed E-state index contributed by atoms with van der Waals surface area (Å²) in [5, 5.41) is 11.7. The number of rotatable bonds is 8. The number of nitriles is 1. The first-order valence-electron chi connectivity index (χ1n) is 7.87. The number of carbonyl (C=O) groups is 1. The number of methoxy groups -OCH3 is 1. The van der Waals surface area contributed by atoms with Gasteiger partial charge in [0.25, 0.3) is 5.91 Å². The van der Waals surface area contributed by atoms with Crippen molar-refractivity contribution in [3.05, 3.63) is 59.7 Å². The summed E-state index contributed by atoms with van der Waals surface area (Å²) in [6.07, 6.45) is 0.543. The van der Waals surface area contributed by atoms with E-state index in [1.807, 2.05) is 6.07 Å². The van der Waals surface area contributed by atoms with Crippen LogP contribution in [0.25, 0.3) is 0 Å². The molecule has 0 saturated heterocycles. The van der Waals surface area contributed by atoms with E-state index in [-0.39, 0.29) is 17.0 Å². The maximum Gasteiger partial charge on any atom is 0.255 e. The number of amides is 1. The van der Waals surface area contributed by atoms with Crippen molar-refractivity contribution in [1.29, 1.82) is 5.26 Å². The molecule has 0 radical (unpaired) electrons. The first kappa shape index (κ1) is 19.6. The van der Waals surface area contributed by atoms with Crippen LogP contribution < -0.4 is 10.0 Å². The van der Waals surface area contributed by atoms with E-state index < -0.39 is 15.9 Å². The summed E-state index contributed by atoms with van der Waals surface area (Å²) >= 11 is 0. The van der Waals surface area contributed by atoms with E-state index in [0.29, 0.717) is 24.3 Å². The van der Waals surface area contributed by atoms with Crippen molar-refractivity contribution in [2.75, 3.05) is 25.6 Å². The lowest BCUT2D eigenvalue weighted by molar-refractivity contribution is 0.102. The Morgan fingerprint density at radius 2 is 1.96 bits per heavy atom. The standard InChI is InChI=1S/C18H19N3O4S/c1-25-11-5-10-20-26(23,24)16-8-4-7-14(12-16)18(22)21-17-9-3-2-6-15(17)13-19/h2-4,6-9,12,20H,5,10-11H2,1H3,(H,21,22). The predicted molar refractivity (Wildman–Crippen MR) is 97.2 cm³/mol. The number of nitrogens with zero attached hydrogens (tertiary/aromatic N) is 1. The summed E-state index contributed by atoms with van der Waals surface area (Å²) < 4.78 is 31.9. The number of ether oxygens (including phenoxy) is 1. The number of sulfonamides is 1. The summed E-state index contributed by atoms with van der Waals surface area (Å²) in [4.78, 5) is 12.4. The Labute approximate surface area is 152 Å². The highest BCUT2D eigenvalue weighted by molar-refractivity contribution is 7.89. The zero-order valence-electron chi connectivity index (χ0n) is 14.2. The second-order valence-electron chi connectivity index (χ2n) is 5.38. The monoisotopic (exact) mass is 373 g/mol. The predicted octanol–water partition coefficient (Wildman–Crippen LogP) is 2.13. The Hall–Kier alpha value is -2.73. The number of hydrogen-bond donors (Lipinski definition) is 2. The highest BCUT2D eigenvalue weighted by Crippen LogP contribution is 2.17. The molecule has 0 aliphatic carbocycles. The third-order valence-electron chi connectivity index (χ3n) is 3.52. The fraction of sp³-hybridized carbons (Fsp3) is 0.222. The van der Waals surface area contributed by atoms with Gasteiger partial charge in [0.15, 0.2) is 0 Å². The summed E-state index contributed by atoms with van der Waals surface area (Å²) in [5.41, 5.74) is 0.868. The first-order valence-corrected chi connectivity index (χ1v) is 9.35. The molecule has 7 nitrogen and oxygen atoms in total. The molecule has 0 unspecified atom stereocenters. The Morgan fingerprint density at radius 1 is 1.19 bits per heavy atom. The van der Waals surface area contributed by atoms with E-state index in [4.69, 9.17) is 10.00 Å². The minimum absolute atomic E-state index is 0.00358. The second kappa shape index (κ2) is 9.10. The van der Waals surface area contributed by atoms with Gasteiger partial charge < -0.3 is 10.1 Å². The van der Waals surface area contributed by atoms with Gasteiger partial charge in [-0.2, -0.15) is 5.26 Å². The number of carbonyl (C=O) groups excluding carboxylic acids is 1. The lowest BCUT2D eigenvalue weighted by atomic mass is 10.1. The molecule has 0 spiro atoms. The molecule has 26 heavy (non-hydrogen) atoms. The van der Waals surface area contributed by atoms with Crippen molar-refractivity contribution >= 4 is 21.6 Å². The van der Waals surface area contributed by atoms with Crippen LogP contribution >= 0.6 is 0 Å². The van der Waals surface area contributed by atoms with Gasteiger partial charge in [0.1, 0.15) is 6.07 Å². The third-order valence-corrected chi connectivity index (χ3v) is 4.98. The number of para-hydroxylation sites is 1. The van der Waals surface area contributed by atoms with E-state index in [1.165, 1.54) is 24.3 Å². The molecular weight excluding hydrogens is 354 g/mol.